The van der Waals surface area contributed by atoms with E-state index in [0.29, 0.717) is 13.0 Å². The van der Waals surface area contributed by atoms with Crippen LogP contribution in [0.15, 0.2) is 0 Å². The van der Waals surface area contributed by atoms with Gasteiger partial charge in [0.15, 0.2) is 0 Å². The van der Waals surface area contributed by atoms with Crippen molar-refractivity contribution in [1.29, 1.82) is 0 Å². The van der Waals surface area contributed by atoms with Gasteiger partial charge in [-0.1, -0.05) is 0 Å². The van der Waals surface area contributed by atoms with Crippen molar-refractivity contribution in [2.75, 3.05) is 19.8 Å². The summed E-state index contributed by atoms with van der Waals surface area (Å²) in [5, 5.41) is 8.84. The number of ether oxygens (including phenoxy) is 2. The quantitative estimate of drug-likeness (QED) is 0.747. The normalized spacial score (nSPS) is 22.1. The first kappa shape index (κ1) is 15.3. The van der Waals surface area contributed by atoms with Crippen LogP contribution in [0.1, 0.15) is 26.7 Å². The number of hydrogen-bond acceptors (Lipinski definition) is 5. The summed E-state index contributed by atoms with van der Waals surface area (Å²) in [5.74, 6) is -2.00. The van der Waals surface area contributed by atoms with E-state index >= 15 is 0 Å². The molecule has 0 saturated carbocycles. The molecular weight excluding hydrogens is 254 g/mol. The summed E-state index contributed by atoms with van der Waals surface area (Å²) in [5.41, 5.74) is 0. The molecule has 2 unspecified atom stereocenters. The highest BCUT2D eigenvalue weighted by Gasteiger charge is 2.44. The van der Waals surface area contributed by atoms with Crippen LogP contribution in [0.4, 0.5) is 4.79 Å². The molecule has 7 heteroatoms. The Labute approximate surface area is 111 Å². The van der Waals surface area contributed by atoms with Crippen molar-refractivity contribution in [2.24, 2.45) is 5.92 Å². The predicted molar refractivity (Wildman–Crippen MR) is 64.5 cm³/mol. The Morgan fingerprint density at radius 3 is 2.37 bits per heavy atom. The molecule has 0 aliphatic carbocycles. The zero-order valence-electron chi connectivity index (χ0n) is 11.1. The molecule has 0 aromatic carbocycles. The monoisotopic (exact) mass is 273 g/mol. The predicted octanol–water partition coefficient (Wildman–Crippen LogP) is 0.871. The van der Waals surface area contributed by atoms with Gasteiger partial charge in [-0.15, -0.1) is 0 Å². The van der Waals surface area contributed by atoms with Crippen molar-refractivity contribution >= 4 is 18.0 Å². The van der Waals surface area contributed by atoms with Crippen molar-refractivity contribution in [2.45, 2.75) is 32.7 Å². The van der Waals surface area contributed by atoms with Crippen molar-refractivity contribution in [3.05, 3.63) is 0 Å². The van der Waals surface area contributed by atoms with Gasteiger partial charge in [0.05, 0.1) is 19.6 Å². The molecule has 19 heavy (non-hydrogen) atoms. The third-order valence-electron chi connectivity index (χ3n) is 2.99. The highest BCUT2D eigenvalue weighted by atomic mass is 16.6. The SMILES string of the molecule is CCOC(=O)C1C(CC(=O)O)CCN1C(=O)OCC. The van der Waals surface area contributed by atoms with E-state index in [1.54, 1.807) is 13.8 Å². The minimum Gasteiger partial charge on any atom is -0.481 e. The molecule has 7 nitrogen and oxygen atoms in total. The van der Waals surface area contributed by atoms with Crippen LogP contribution < -0.4 is 0 Å². The molecule has 0 aromatic heterocycles. The molecule has 1 amide bonds. The molecule has 1 rings (SSSR count). The van der Waals surface area contributed by atoms with Gasteiger partial charge in [-0.05, 0) is 20.3 Å². The summed E-state index contributed by atoms with van der Waals surface area (Å²) in [6.07, 6.45) is -0.318. The number of carbonyl (C=O) groups is 3. The molecule has 0 aromatic rings. The minimum absolute atomic E-state index is 0.167. The number of carboxylic acid groups (broad SMARTS) is 1. The second-order valence-electron chi connectivity index (χ2n) is 4.24. The maximum Gasteiger partial charge on any atom is 0.410 e. The number of rotatable bonds is 5. The van der Waals surface area contributed by atoms with Crippen molar-refractivity contribution < 1.29 is 29.0 Å². The highest BCUT2D eigenvalue weighted by molar-refractivity contribution is 5.83. The highest BCUT2D eigenvalue weighted by Crippen LogP contribution is 2.29. The zero-order valence-corrected chi connectivity index (χ0v) is 11.1. The van der Waals surface area contributed by atoms with E-state index in [4.69, 9.17) is 14.6 Å². The third kappa shape index (κ3) is 3.84. The lowest BCUT2D eigenvalue weighted by Crippen LogP contribution is -2.44. The molecule has 1 aliphatic rings. The van der Waals surface area contributed by atoms with Gasteiger partial charge in [-0.2, -0.15) is 0 Å². The van der Waals surface area contributed by atoms with Gasteiger partial charge in [0.2, 0.25) is 0 Å². The lowest BCUT2D eigenvalue weighted by Gasteiger charge is -2.25. The van der Waals surface area contributed by atoms with E-state index < -0.39 is 30.0 Å². The van der Waals surface area contributed by atoms with Crippen molar-refractivity contribution in [1.82, 2.24) is 4.90 Å². The van der Waals surface area contributed by atoms with Gasteiger partial charge in [0.25, 0.3) is 0 Å². The maximum absolute atomic E-state index is 11.9. The second kappa shape index (κ2) is 6.96. The maximum atomic E-state index is 11.9. The van der Waals surface area contributed by atoms with Gasteiger partial charge in [-0.25, -0.2) is 9.59 Å². The molecule has 1 aliphatic heterocycles. The smallest absolute Gasteiger partial charge is 0.410 e. The minimum atomic E-state index is -0.995. The largest absolute Gasteiger partial charge is 0.481 e. The molecule has 0 spiro atoms. The summed E-state index contributed by atoms with van der Waals surface area (Å²) < 4.78 is 9.78. The van der Waals surface area contributed by atoms with Crippen molar-refractivity contribution in [3.63, 3.8) is 0 Å². The lowest BCUT2D eigenvalue weighted by atomic mass is 9.97. The lowest BCUT2D eigenvalue weighted by molar-refractivity contribution is -0.150. The van der Waals surface area contributed by atoms with Gasteiger partial charge in [0, 0.05) is 12.5 Å². The molecule has 2 atom stereocenters. The molecule has 1 fully saturated rings. The van der Waals surface area contributed by atoms with Crippen LogP contribution in [-0.2, 0) is 19.1 Å². The Hall–Kier alpha value is -1.79. The van der Waals surface area contributed by atoms with Gasteiger partial charge in [-0.3, -0.25) is 9.69 Å². The fraction of sp³-hybridized carbons (Fsp3) is 0.750. The Morgan fingerprint density at radius 2 is 1.84 bits per heavy atom. The van der Waals surface area contributed by atoms with Crippen molar-refractivity contribution in [3.8, 4) is 0 Å². The fourth-order valence-electron chi connectivity index (χ4n) is 2.25. The molecular formula is C12H19NO6. The number of carbonyl (C=O) groups excluding carboxylic acids is 2. The Morgan fingerprint density at radius 1 is 1.21 bits per heavy atom. The van der Waals surface area contributed by atoms with Gasteiger partial charge < -0.3 is 14.6 Å². The fourth-order valence-corrected chi connectivity index (χ4v) is 2.25. The number of nitrogens with zero attached hydrogens (tertiary/aromatic N) is 1. The number of esters is 1. The van der Waals surface area contributed by atoms with Crippen LogP contribution in [0, 0.1) is 5.92 Å². The molecule has 108 valence electrons. The van der Waals surface area contributed by atoms with E-state index in [1.807, 2.05) is 0 Å². The zero-order chi connectivity index (χ0) is 14.4. The van der Waals surface area contributed by atoms with Crippen LogP contribution in [0.5, 0.6) is 0 Å². The summed E-state index contributed by atoms with van der Waals surface area (Å²) in [6.45, 7) is 4.02. The first-order chi connectivity index (χ1) is 9.01. The average molecular weight is 273 g/mol. The topological polar surface area (TPSA) is 93.1 Å². The van der Waals surface area contributed by atoms with E-state index in [9.17, 15) is 14.4 Å². The molecule has 1 heterocycles. The Balaban J connectivity index is 2.83. The van der Waals surface area contributed by atoms with Gasteiger partial charge >= 0.3 is 18.0 Å². The summed E-state index contributed by atoms with van der Waals surface area (Å²) in [6, 6.07) is -0.866. The number of hydrogen-bond donors (Lipinski definition) is 1. The Bertz CT molecular complexity index is 356. The number of aliphatic carboxylic acids is 1. The first-order valence-electron chi connectivity index (χ1n) is 6.33. The van der Waals surface area contributed by atoms with Crippen LogP contribution in [0.3, 0.4) is 0 Å². The van der Waals surface area contributed by atoms with Crippen LogP contribution >= 0.6 is 0 Å². The van der Waals surface area contributed by atoms with Crippen LogP contribution in [-0.4, -0.2) is 53.8 Å². The molecule has 1 saturated heterocycles. The van der Waals surface area contributed by atoms with E-state index in [2.05, 4.69) is 0 Å². The Kier molecular flexibility index (Phi) is 5.59. The summed E-state index contributed by atoms with van der Waals surface area (Å²) in [7, 11) is 0. The van der Waals surface area contributed by atoms with Crippen LogP contribution in [0.2, 0.25) is 0 Å². The number of carboxylic acids is 1. The number of likely N-dealkylation sites (tertiary alicyclic amines) is 1. The molecule has 0 radical (unpaired) electrons. The second-order valence-corrected chi connectivity index (χ2v) is 4.24. The molecule has 0 bridgehead atoms. The van der Waals surface area contributed by atoms with E-state index in [-0.39, 0.29) is 19.6 Å². The summed E-state index contributed by atoms with van der Waals surface area (Å²) >= 11 is 0. The molecule has 1 N–H and O–H groups in total. The van der Waals surface area contributed by atoms with E-state index in [0.717, 1.165) is 0 Å². The number of amides is 1. The van der Waals surface area contributed by atoms with Gasteiger partial charge in [0.1, 0.15) is 6.04 Å². The third-order valence-corrected chi connectivity index (χ3v) is 2.99. The average Bonchev–Trinajstić information content (AvgIpc) is 2.72. The van der Waals surface area contributed by atoms with Crippen LogP contribution in [0.25, 0.3) is 0 Å². The summed E-state index contributed by atoms with van der Waals surface area (Å²) in [4.78, 5) is 35.7. The standard InChI is InChI=1S/C12H19NO6/c1-3-18-11(16)10-8(7-9(14)15)5-6-13(10)12(17)19-4-2/h8,10H,3-7H2,1-2H3,(H,14,15). The van der Waals surface area contributed by atoms with E-state index in [1.165, 1.54) is 4.90 Å². The first-order valence-corrected chi connectivity index (χ1v) is 6.33.